The van der Waals surface area contributed by atoms with Gasteiger partial charge in [0.1, 0.15) is 12.4 Å². The lowest BCUT2D eigenvalue weighted by Crippen LogP contribution is -2.34. The highest BCUT2D eigenvalue weighted by molar-refractivity contribution is 5.96. The number of hydrogen-bond donors (Lipinski definition) is 3. The first kappa shape index (κ1) is 16.7. The predicted molar refractivity (Wildman–Crippen MR) is 83.1 cm³/mol. The van der Waals surface area contributed by atoms with Crippen molar-refractivity contribution in [2.75, 3.05) is 39.5 Å². The quantitative estimate of drug-likeness (QED) is 0.606. The second kappa shape index (κ2) is 8.73. The summed E-state index contributed by atoms with van der Waals surface area (Å²) in [6.07, 6.45) is -0.405. The standard InChI is InChI=1S/C16H24N2O4/c1-2-21-7-8-22-15-6-4-3-5-13(15)16(20)18-10-12-9-17-11-14(12)19/h3-6,12,14,17,19H,2,7-11H2,1H3,(H,18,20). The van der Waals surface area contributed by atoms with E-state index in [-0.39, 0.29) is 11.8 Å². The predicted octanol–water partition coefficient (Wildman–Crippen LogP) is 0.412. The minimum atomic E-state index is -0.405. The summed E-state index contributed by atoms with van der Waals surface area (Å²) >= 11 is 0. The van der Waals surface area contributed by atoms with Crippen LogP contribution >= 0.6 is 0 Å². The number of ether oxygens (including phenoxy) is 2. The van der Waals surface area contributed by atoms with E-state index in [0.717, 1.165) is 0 Å². The number of aliphatic hydroxyl groups is 1. The van der Waals surface area contributed by atoms with E-state index in [2.05, 4.69) is 10.6 Å². The molecule has 0 spiro atoms. The molecule has 0 saturated carbocycles. The summed E-state index contributed by atoms with van der Waals surface area (Å²) in [5.41, 5.74) is 0.499. The number of benzene rings is 1. The van der Waals surface area contributed by atoms with Crippen LogP contribution in [0.3, 0.4) is 0 Å². The average Bonchev–Trinajstić information content (AvgIpc) is 2.95. The van der Waals surface area contributed by atoms with E-state index in [4.69, 9.17) is 9.47 Å². The molecule has 6 heteroatoms. The topological polar surface area (TPSA) is 79.8 Å². The van der Waals surface area contributed by atoms with Crippen molar-refractivity contribution in [3.8, 4) is 5.75 Å². The fourth-order valence-electron chi connectivity index (χ4n) is 2.38. The van der Waals surface area contributed by atoms with Crippen LogP contribution in [0.2, 0.25) is 0 Å². The summed E-state index contributed by atoms with van der Waals surface area (Å²) in [4.78, 5) is 12.3. The van der Waals surface area contributed by atoms with Crippen molar-refractivity contribution < 1.29 is 19.4 Å². The van der Waals surface area contributed by atoms with Crippen LogP contribution in [0.15, 0.2) is 24.3 Å². The van der Waals surface area contributed by atoms with E-state index in [1.165, 1.54) is 0 Å². The van der Waals surface area contributed by atoms with Gasteiger partial charge in [0.05, 0.1) is 18.3 Å². The number of carbonyl (C=O) groups is 1. The minimum Gasteiger partial charge on any atom is -0.490 e. The molecule has 3 N–H and O–H groups in total. The van der Waals surface area contributed by atoms with Crippen LogP contribution in [0.5, 0.6) is 5.75 Å². The van der Waals surface area contributed by atoms with Crippen LogP contribution in [0.25, 0.3) is 0 Å². The van der Waals surface area contributed by atoms with Gasteiger partial charge in [-0.05, 0) is 19.1 Å². The molecule has 122 valence electrons. The molecule has 1 heterocycles. The highest BCUT2D eigenvalue weighted by atomic mass is 16.5. The molecule has 0 aliphatic carbocycles. The van der Waals surface area contributed by atoms with Crippen molar-refractivity contribution in [2.45, 2.75) is 13.0 Å². The zero-order valence-corrected chi connectivity index (χ0v) is 12.9. The van der Waals surface area contributed by atoms with Gasteiger partial charge in [-0.25, -0.2) is 0 Å². The Bertz CT molecular complexity index is 481. The normalized spacial score (nSPS) is 20.8. The van der Waals surface area contributed by atoms with E-state index in [1.807, 2.05) is 13.0 Å². The first-order valence-electron chi connectivity index (χ1n) is 7.69. The fraction of sp³-hybridized carbons (Fsp3) is 0.562. The van der Waals surface area contributed by atoms with Gasteiger partial charge < -0.3 is 25.2 Å². The van der Waals surface area contributed by atoms with Gasteiger partial charge in [0.25, 0.3) is 5.91 Å². The third-order valence-corrected chi connectivity index (χ3v) is 3.65. The Kier molecular flexibility index (Phi) is 6.64. The Morgan fingerprint density at radius 1 is 1.36 bits per heavy atom. The molecule has 1 aliphatic rings. The van der Waals surface area contributed by atoms with E-state index >= 15 is 0 Å². The minimum absolute atomic E-state index is 0.0509. The maximum atomic E-state index is 12.3. The molecular weight excluding hydrogens is 284 g/mol. The van der Waals surface area contributed by atoms with Gasteiger partial charge in [-0.15, -0.1) is 0 Å². The van der Waals surface area contributed by atoms with Crippen LogP contribution in [-0.4, -0.2) is 56.6 Å². The van der Waals surface area contributed by atoms with E-state index in [1.54, 1.807) is 18.2 Å². The molecule has 2 rings (SSSR count). The summed E-state index contributed by atoms with van der Waals surface area (Å²) in [6, 6.07) is 7.13. The monoisotopic (exact) mass is 308 g/mol. The molecule has 6 nitrogen and oxygen atoms in total. The Labute approximate surface area is 130 Å². The lowest BCUT2D eigenvalue weighted by molar-refractivity contribution is 0.0912. The van der Waals surface area contributed by atoms with Crippen molar-refractivity contribution >= 4 is 5.91 Å². The van der Waals surface area contributed by atoms with E-state index in [0.29, 0.717) is 50.8 Å². The average molecular weight is 308 g/mol. The second-order valence-corrected chi connectivity index (χ2v) is 5.24. The Hall–Kier alpha value is -1.63. The number of carbonyl (C=O) groups excluding carboxylic acids is 1. The molecule has 1 saturated heterocycles. The third-order valence-electron chi connectivity index (χ3n) is 3.65. The number of β-amino-alcohol motifs (C(OH)–C–C–N with tert-alkyl or cyclic N) is 1. The lowest BCUT2D eigenvalue weighted by atomic mass is 10.1. The zero-order valence-electron chi connectivity index (χ0n) is 12.9. The summed E-state index contributed by atoms with van der Waals surface area (Å²) < 4.78 is 10.8. The molecule has 0 bridgehead atoms. The van der Waals surface area contributed by atoms with Crippen LogP contribution in [0, 0.1) is 5.92 Å². The maximum absolute atomic E-state index is 12.3. The summed E-state index contributed by atoms with van der Waals surface area (Å²) in [6.45, 7) is 5.21. The molecular formula is C16H24N2O4. The van der Waals surface area contributed by atoms with Gasteiger partial charge >= 0.3 is 0 Å². The molecule has 0 aromatic heterocycles. The number of para-hydroxylation sites is 1. The second-order valence-electron chi connectivity index (χ2n) is 5.24. The van der Waals surface area contributed by atoms with Crippen LogP contribution in [0.1, 0.15) is 17.3 Å². The molecule has 22 heavy (non-hydrogen) atoms. The summed E-state index contributed by atoms with van der Waals surface area (Å²) in [5, 5.41) is 15.7. The summed E-state index contributed by atoms with van der Waals surface area (Å²) in [5.74, 6) is 0.408. The van der Waals surface area contributed by atoms with E-state index < -0.39 is 6.10 Å². The lowest BCUT2D eigenvalue weighted by Gasteiger charge is -2.15. The molecule has 1 aromatic carbocycles. The van der Waals surface area contributed by atoms with Crippen molar-refractivity contribution in [1.29, 1.82) is 0 Å². The van der Waals surface area contributed by atoms with Crippen molar-refractivity contribution in [2.24, 2.45) is 5.92 Å². The highest BCUT2D eigenvalue weighted by Crippen LogP contribution is 2.18. The first-order valence-corrected chi connectivity index (χ1v) is 7.69. The molecule has 0 radical (unpaired) electrons. The Balaban J connectivity index is 1.88. The third kappa shape index (κ3) is 4.69. The molecule has 2 atom stereocenters. The largest absolute Gasteiger partial charge is 0.490 e. The Morgan fingerprint density at radius 3 is 2.91 bits per heavy atom. The van der Waals surface area contributed by atoms with Crippen molar-refractivity contribution in [3.05, 3.63) is 29.8 Å². The number of amides is 1. The maximum Gasteiger partial charge on any atom is 0.255 e. The Morgan fingerprint density at radius 2 is 2.18 bits per heavy atom. The van der Waals surface area contributed by atoms with Gasteiger partial charge in [-0.2, -0.15) is 0 Å². The highest BCUT2D eigenvalue weighted by Gasteiger charge is 2.25. The molecule has 1 fully saturated rings. The van der Waals surface area contributed by atoms with Gasteiger partial charge in [0.2, 0.25) is 0 Å². The van der Waals surface area contributed by atoms with Crippen molar-refractivity contribution in [3.63, 3.8) is 0 Å². The molecule has 1 aliphatic heterocycles. The van der Waals surface area contributed by atoms with Crippen LogP contribution in [-0.2, 0) is 4.74 Å². The smallest absolute Gasteiger partial charge is 0.255 e. The van der Waals surface area contributed by atoms with Gasteiger partial charge in [0, 0.05) is 32.2 Å². The van der Waals surface area contributed by atoms with Crippen LogP contribution in [0.4, 0.5) is 0 Å². The van der Waals surface area contributed by atoms with Crippen LogP contribution < -0.4 is 15.4 Å². The molecule has 1 aromatic rings. The van der Waals surface area contributed by atoms with Gasteiger partial charge in [-0.3, -0.25) is 4.79 Å². The SMILES string of the molecule is CCOCCOc1ccccc1C(=O)NCC1CNCC1O. The number of nitrogens with one attached hydrogen (secondary N) is 2. The molecule has 2 unspecified atom stereocenters. The molecule has 1 amide bonds. The summed E-state index contributed by atoms with van der Waals surface area (Å²) in [7, 11) is 0. The number of rotatable bonds is 8. The van der Waals surface area contributed by atoms with E-state index in [9.17, 15) is 9.90 Å². The van der Waals surface area contributed by atoms with Gasteiger partial charge in [0.15, 0.2) is 0 Å². The van der Waals surface area contributed by atoms with Crippen molar-refractivity contribution in [1.82, 2.24) is 10.6 Å². The number of aliphatic hydroxyl groups excluding tert-OH is 1. The fourth-order valence-corrected chi connectivity index (χ4v) is 2.38. The first-order chi connectivity index (χ1) is 10.7. The zero-order chi connectivity index (χ0) is 15.8. The van der Waals surface area contributed by atoms with Gasteiger partial charge in [-0.1, -0.05) is 12.1 Å². The number of hydrogen-bond acceptors (Lipinski definition) is 5.